The Hall–Kier alpha value is -3.48. The van der Waals surface area contributed by atoms with Crippen molar-refractivity contribution in [2.45, 2.75) is 52.1 Å². The molecule has 0 spiro atoms. The summed E-state index contributed by atoms with van der Waals surface area (Å²) in [6.07, 6.45) is 4.71. The monoisotopic (exact) mass is 458 g/mol. The molecule has 3 heterocycles. The molecule has 7 nitrogen and oxygen atoms in total. The van der Waals surface area contributed by atoms with Crippen molar-refractivity contribution in [3.8, 4) is 5.75 Å². The van der Waals surface area contributed by atoms with E-state index in [1.165, 1.54) is 0 Å². The first-order chi connectivity index (χ1) is 16.4. The van der Waals surface area contributed by atoms with Gasteiger partial charge in [-0.3, -0.25) is 19.3 Å². The van der Waals surface area contributed by atoms with Crippen LogP contribution in [0.5, 0.6) is 5.75 Å². The zero-order valence-corrected chi connectivity index (χ0v) is 20.0. The summed E-state index contributed by atoms with van der Waals surface area (Å²) < 4.78 is 7.17. The van der Waals surface area contributed by atoms with Gasteiger partial charge in [0.1, 0.15) is 5.75 Å². The van der Waals surface area contributed by atoms with Crippen molar-refractivity contribution in [2.24, 2.45) is 5.41 Å². The van der Waals surface area contributed by atoms with E-state index in [9.17, 15) is 9.59 Å². The molecule has 1 saturated heterocycles. The predicted octanol–water partition coefficient (Wildman–Crippen LogP) is 4.47. The van der Waals surface area contributed by atoms with Gasteiger partial charge >= 0.3 is 0 Å². The number of hydrogen-bond donors (Lipinski definition) is 0. The number of nitrogens with zero attached hydrogens (tertiary/aromatic N) is 4. The van der Waals surface area contributed by atoms with Crippen LogP contribution in [0.15, 0.2) is 48.7 Å². The van der Waals surface area contributed by atoms with Gasteiger partial charge in [0.05, 0.1) is 42.3 Å². The first-order valence-corrected chi connectivity index (χ1v) is 11.8. The number of benzene rings is 1. The Kier molecular flexibility index (Phi) is 5.71. The number of aromatic nitrogens is 3. The van der Waals surface area contributed by atoms with Crippen molar-refractivity contribution in [1.29, 1.82) is 0 Å². The summed E-state index contributed by atoms with van der Waals surface area (Å²) in [5.41, 5.74) is 3.80. The minimum atomic E-state index is -0.210. The molecular weight excluding hydrogens is 428 g/mol. The lowest BCUT2D eigenvalue weighted by Crippen LogP contribution is -2.32. The summed E-state index contributed by atoms with van der Waals surface area (Å²) >= 11 is 0. The van der Waals surface area contributed by atoms with Crippen LogP contribution in [0.25, 0.3) is 0 Å². The van der Waals surface area contributed by atoms with Crippen molar-refractivity contribution in [3.05, 3.63) is 76.9 Å². The van der Waals surface area contributed by atoms with Gasteiger partial charge in [-0.25, -0.2) is 0 Å². The zero-order chi connectivity index (χ0) is 23.9. The summed E-state index contributed by atoms with van der Waals surface area (Å²) in [6, 6.07) is 12.8. The smallest absolute Gasteiger partial charge is 0.254 e. The van der Waals surface area contributed by atoms with E-state index in [4.69, 9.17) is 9.84 Å². The number of rotatable bonds is 5. The molecule has 1 amide bonds. The molecule has 5 rings (SSSR count). The highest BCUT2D eigenvalue weighted by Gasteiger charge is 2.41. The molecule has 3 aromatic rings. The molecule has 7 heteroatoms. The molecule has 1 atom stereocenters. The SMILES string of the molecule is COc1ccc(C(=O)N2CCC[C@@H]2c2nn(Cc3ccccn3)c3c2C(=O)CC(C)(C)C3)cc1. The Morgan fingerprint density at radius 3 is 2.65 bits per heavy atom. The van der Waals surface area contributed by atoms with Crippen LogP contribution in [0.2, 0.25) is 0 Å². The fourth-order valence-corrected chi connectivity index (χ4v) is 5.24. The van der Waals surface area contributed by atoms with E-state index in [1.807, 2.05) is 27.8 Å². The van der Waals surface area contributed by atoms with Crippen molar-refractivity contribution in [1.82, 2.24) is 19.7 Å². The van der Waals surface area contributed by atoms with E-state index < -0.39 is 0 Å². The Labute approximate surface area is 199 Å². The molecular formula is C27H30N4O3. The second-order valence-corrected chi connectivity index (χ2v) is 10.0. The molecule has 0 bridgehead atoms. The molecule has 2 aromatic heterocycles. The van der Waals surface area contributed by atoms with Crippen LogP contribution >= 0.6 is 0 Å². The van der Waals surface area contributed by atoms with Crippen molar-refractivity contribution < 1.29 is 14.3 Å². The van der Waals surface area contributed by atoms with Crippen molar-refractivity contribution in [2.75, 3.05) is 13.7 Å². The number of carbonyl (C=O) groups is 2. The standard InChI is InChI=1S/C27H30N4O3/c1-27(2)15-22-24(23(32)16-27)25(29-31(22)17-19-7-4-5-13-28-19)21-8-6-14-30(21)26(33)18-9-11-20(34-3)12-10-18/h4-5,7,9-13,21H,6,8,14-17H2,1-3H3/t21-/m1/s1. The highest BCUT2D eigenvalue weighted by Crippen LogP contribution is 2.41. The lowest BCUT2D eigenvalue weighted by atomic mass is 9.75. The third-order valence-electron chi connectivity index (χ3n) is 6.85. The summed E-state index contributed by atoms with van der Waals surface area (Å²) in [4.78, 5) is 33.2. The predicted molar refractivity (Wildman–Crippen MR) is 128 cm³/mol. The largest absolute Gasteiger partial charge is 0.497 e. The minimum Gasteiger partial charge on any atom is -0.497 e. The summed E-state index contributed by atoms with van der Waals surface area (Å²) in [6.45, 7) is 5.41. The lowest BCUT2D eigenvalue weighted by molar-refractivity contribution is 0.0728. The number of likely N-dealkylation sites (tertiary alicyclic amines) is 1. The number of amides is 1. The quantitative estimate of drug-likeness (QED) is 0.564. The zero-order valence-electron chi connectivity index (χ0n) is 20.0. The van der Waals surface area contributed by atoms with Gasteiger partial charge in [0.15, 0.2) is 5.78 Å². The van der Waals surface area contributed by atoms with Gasteiger partial charge in [0, 0.05) is 24.7 Å². The number of ether oxygens (including phenoxy) is 1. The number of carbonyl (C=O) groups excluding carboxylic acids is 2. The van der Waals surface area contributed by atoms with Crippen molar-refractivity contribution in [3.63, 3.8) is 0 Å². The second-order valence-electron chi connectivity index (χ2n) is 10.0. The molecule has 176 valence electrons. The van der Waals surface area contributed by atoms with E-state index in [1.54, 1.807) is 37.6 Å². The molecule has 2 aliphatic rings. The number of Topliss-reactive ketones (excluding diaryl/α,β-unsaturated/α-hetero) is 1. The van der Waals surface area contributed by atoms with Gasteiger partial charge < -0.3 is 9.64 Å². The van der Waals surface area contributed by atoms with Crippen LogP contribution in [-0.2, 0) is 13.0 Å². The highest BCUT2D eigenvalue weighted by molar-refractivity contribution is 6.00. The average molecular weight is 459 g/mol. The van der Waals surface area contributed by atoms with Crippen LogP contribution in [0, 0.1) is 5.41 Å². The maximum absolute atomic E-state index is 13.4. The van der Waals surface area contributed by atoms with Gasteiger partial charge in [0.2, 0.25) is 0 Å². The topological polar surface area (TPSA) is 77.3 Å². The van der Waals surface area contributed by atoms with Crippen LogP contribution in [0.4, 0.5) is 0 Å². The lowest BCUT2D eigenvalue weighted by Gasteiger charge is -2.30. The van der Waals surface area contributed by atoms with E-state index in [-0.39, 0.29) is 23.1 Å². The normalized spacial score (nSPS) is 19.2. The van der Waals surface area contributed by atoms with Gasteiger partial charge in [0.25, 0.3) is 5.91 Å². The number of pyridine rings is 1. The molecule has 0 unspecified atom stereocenters. The van der Waals surface area contributed by atoms with Gasteiger partial charge in [-0.15, -0.1) is 0 Å². The van der Waals surface area contributed by atoms with Crippen LogP contribution in [0.1, 0.15) is 76.9 Å². The fourth-order valence-electron chi connectivity index (χ4n) is 5.24. The Balaban J connectivity index is 1.53. The molecule has 1 aliphatic heterocycles. The van der Waals surface area contributed by atoms with E-state index in [0.717, 1.165) is 41.9 Å². The third-order valence-corrected chi connectivity index (χ3v) is 6.85. The maximum atomic E-state index is 13.4. The van der Waals surface area contributed by atoms with Gasteiger partial charge in [-0.1, -0.05) is 19.9 Å². The molecule has 0 saturated carbocycles. The minimum absolute atomic E-state index is 0.0400. The fraction of sp³-hybridized carbons (Fsp3) is 0.407. The Bertz CT molecular complexity index is 1210. The van der Waals surface area contributed by atoms with Crippen molar-refractivity contribution >= 4 is 11.7 Å². The van der Waals surface area contributed by atoms with Crippen LogP contribution in [0.3, 0.4) is 0 Å². The number of methoxy groups -OCH3 is 1. The van der Waals surface area contributed by atoms with E-state index >= 15 is 0 Å². The summed E-state index contributed by atoms with van der Waals surface area (Å²) in [5, 5.41) is 4.98. The van der Waals surface area contributed by atoms with Crippen LogP contribution in [-0.4, -0.2) is 45.0 Å². The number of ketones is 1. The summed E-state index contributed by atoms with van der Waals surface area (Å²) in [5.74, 6) is 0.795. The van der Waals surface area contributed by atoms with Gasteiger partial charge in [-0.05, 0) is 61.1 Å². The molecule has 1 fully saturated rings. The summed E-state index contributed by atoms with van der Waals surface area (Å²) in [7, 11) is 1.61. The first kappa shape index (κ1) is 22.3. The molecule has 34 heavy (non-hydrogen) atoms. The second kappa shape index (κ2) is 8.70. The Morgan fingerprint density at radius 1 is 1.15 bits per heavy atom. The van der Waals surface area contributed by atoms with Crippen LogP contribution < -0.4 is 4.74 Å². The molecule has 0 N–H and O–H groups in total. The maximum Gasteiger partial charge on any atom is 0.254 e. The molecule has 1 aromatic carbocycles. The average Bonchev–Trinajstić information content (AvgIpc) is 3.44. The van der Waals surface area contributed by atoms with E-state index in [0.29, 0.717) is 30.8 Å². The molecule has 0 radical (unpaired) electrons. The highest BCUT2D eigenvalue weighted by atomic mass is 16.5. The Morgan fingerprint density at radius 2 is 1.94 bits per heavy atom. The van der Waals surface area contributed by atoms with E-state index in [2.05, 4.69) is 18.8 Å². The number of fused-ring (bicyclic) bond motifs is 1. The molecule has 1 aliphatic carbocycles. The third kappa shape index (κ3) is 4.11. The van der Waals surface area contributed by atoms with Gasteiger partial charge in [-0.2, -0.15) is 5.10 Å². The number of hydrogen-bond acceptors (Lipinski definition) is 5. The first-order valence-electron chi connectivity index (χ1n) is 11.8.